The lowest BCUT2D eigenvalue weighted by atomic mass is 9.75. The highest BCUT2D eigenvalue weighted by molar-refractivity contribution is 8.18. The van der Waals surface area contributed by atoms with Crippen LogP contribution in [0.3, 0.4) is 0 Å². The second-order valence-electron chi connectivity index (χ2n) is 10.1. The van der Waals surface area contributed by atoms with Crippen molar-refractivity contribution in [3.63, 3.8) is 0 Å². The Kier molecular flexibility index (Phi) is 6.10. The van der Waals surface area contributed by atoms with Gasteiger partial charge in [0.1, 0.15) is 0 Å². The van der Waals surface area contributed by atoms with Crippen LogP contribution in [0.1, 0.15) is 50.8 Å². The minimum Gasteiger partial charge on any atom is -0.377 e. The Labute approximate surface area is 205 Å². The summed E-state index contributed by atoms with van der Waals surface area (Å²) in [6.45, 7) is 10.5. The van der Waals surface area contributed by atoms with Gasteiger partial charge in [0.15, 0.2) is 0 Å². The second-order valence-corrected chi connectivity index (χ2v) is 11.1. The van der Waals surface area contributed by atoms with Crippen molar-refractivity contribution in [2.24, 2.45) is 0 Å². The number of amides is 3. The molecule has 1 saturated heterocycles. The maximum atomic E-state index is 13.1. The van der Waals surface area contributed by atoms with E-state index in [1.165, 1.54) is 5.56 Å². The summed E-state index contributed by atoms with van der Waals surface area (Å²) in [5.74, 6) is -0.228. The predicted molar refractivity (Wildman–Crippen MR) is 140 cm³/mol. The zero-order chi connectivity index (χ0) is 24.9. The monoisotopic (exact) mass is 477 g/mol. The molecule has 6 nitrogen and oxygen atoms in total. The summed E-state index contributed by atoms with van der Waals surface area (Å²) in [5, 5.41) is 1.95. The van der Waals surface area contributed by atoms with Crippen LogP contribution in [0.5, 0.6) is 0 Å². The molecule has 0 radical (unpaired) electrons. The summed E-state index contributed by atoms with van der Waals surface area (Å²) >= 11 is 0.913. The van der Waals surface area contributed by atoms with Crippen molar-refractivity contribution < 1.29 is 14.4 Å². The van der Waals surface area contributed by atoms with Gasteiger partial charge in [-0.15, -0.1) is 0 Å². The zero-order valence-electron chi connectivity index (χ0n) is 20.8. The van der Waals surface area contributed by atoms with Gasteiger partial charge < -0.3 is 9.80 Å². The molecule has 2 aromatic rings. The molecule has 0 saturated carbocycles. The normalized spacial score (nSPS) is 18.5. The van der Waals surface area contributed by atoms with Gasteiger partial charge in [0.05, 0.1) is 4.91 Å². The molecule has 0 bridgehead atoms. The number of carbonyl (C=O) groups is 3. The molecule has 2 aromatic carbocycles. The third-order valence-corrected chi connectivity index (χ3v) is 7.25. The molecule has 0 unspecified atom stereocenters. The number of nitrogens with one attached hydrogen (secondary N) is 1. The van der Waals surface area contributed by atoms with E-state index in [9.17, 15) is 14.4 Å². The Balaban J connectivity index is 1.92. The molecule has 0 atom stereocenters. The van der Waals surface area contributed by atoms with Crippen molar-refractivity contribution in [1.29, 1.82) is 0 Å². The Bertz CT molecular complexity index is 1240. The van der Waals surface area contributed by atoms with Gasteiger partial charge in [-0.1, -0.05) is 26.0 Å². The summed E-state index contributed by atoms with van der Waals surface area (Å²) in [6.07, 6.45) is 2.23. The van der Waals surface area contributed by atoms with Crippen LogP contribution >= 0.6 is 11.8 Å². The van der Waals surface area contributed by atoms with E-state index in [4.69, 9.17) is 0 Å². The molecule has 2 aliphatic heterocycles. The van der Waals surface area contributed by atoms with E-state index >= 15 is 0 Å². The first-order valence-electron chi connectivity index (χ1n) is 11.4. The number of carbonyl (C=O) groups excluding carboxylic acids is 3. The van der Waals surface area contributed by atoms with Crippen LogP contribution in [0.4, 0.5) is 16.2 Å². The number of aryl methyl sites for hydroxylation is 1. The Hall–Kier alpha value is -3.06. The fourth-order valence-electron chi connectivity index (χ4n) is 4.81. The van der Waals surface area contributed by atoms with Gasteiger partial charge in [0.25, 0.3) is 11.1 Å². The average molecular weight is 478 g/mol. The van der Waals surface area contributed by atoms with E-state index in [-0.39, 0.29) is 28.5 Å². The van der Waals surface area contributed by atoms with E-state index in [1.54, 1.807) is 6.08 Å². The van der Waals surface area contributed by atoms with E-state index in [0.29, 0.717) is 11.3 Å². The first kappa shape index (κ1) is 24.1. The molecule has 0 aliphatic carbocycles. The lowest BCUT2D eigenvalue weighted by molar-refractivity contribution is -0.120. The first-order chi connectivity index (χ1) is 15.9. The third-order valence-electron chi connectivity index (χ3n) is 6.44. The van der Waals surface area contributed by atoms with Crippen LogP contribution < -0.4 is 15.1 Å². The molecule has 7 heteroatoms. The first-order valence-corrected chi connectivity index (χ1v) is 12.2. The van der Waals surface area contributed by atoms with Gasteiger partial charge in [-0.05, 0) is 79.1 Å². The fraction of sp³-hybridized carbons (Fsp3) is 0.370. The molecule has 0 spiro atoms. The number of imide groups is 1. The summed E-state index contributed by atoms with van der Waals surface area (Å²) in [6, 6.07) is 10.4. The lowest BCUT2D eigenvalue weighted by Crippen LogP contribution is -2.45. The lowest BCUT2D eigenvalue weighted by Gasteiger charge is -2.41. The SMILES string of the molecule is Cc1cc2c(cc1-c1cc(C=C3SC(=O)NC3=O)ccc1N(C)C)N(C(C)C)C(=O)CC2(C)C. The van der Waals surface area contributed by atoms with E-state index in [0.717, 1.165) is 45.4 Å². The van der Waals surface area contributed by atoms with Crippen LogP contribution in [-0.2, 0) is 15.0 Å². The predicted octanol–water partition coefficient (Wildman–Crippen LogP) is 5.47. The van der Waals surface area contributed by atoms with E-state index in [1.807, 2.05) is 51.0 Å². The second kappa shape index (κ2) is 8.62. The van der Waals surface area contributed by atoms with Gasteiger partial charge in [-0.3, -0.25) is 19.7 Å². The van der Waals surface area contributed by atoms with E-state index in [2.05, 4.69) is 43.1 Å². The van der Waals surface area contributed by atoms with Crippen LogP contribution in [0.2, 0.25) is 0 Å². The number of anilines is 2. The largest absolute Gasteiger partial charge is 0.377 e. The van der Waals surface area contributed by atoms with Gasteiger partial charge in [0.2, 0.25) is 5.91 Å². The fourth-order valence-corrected chi connectivity index (χ4v) is 5.49. The number of thioether (sulfide) groups is 1. The van der Waals surface area contributed by atoms with E-state index < -0.39 is 0 Å². The number of rotatable bonds is 4. The molecule has 3 amide bonds. The smallest absolute Gasteiger partial charge is 0.290 e. The number of hydrogen-bond acceptors (Lipinski definition) is 5. The number of fused-ring (bicyclic) bond motifs is 1. The molecule has 1 N–H and O–H groups in total. The summed E-state index contributed by atoms with van der Waals surface area (Å²) in [7, 11) is 3.99. The van der Waals surface area contributed by atoms with Gasteiger partial charge >= 0.3 is 0 Å². The molecule has 34 heavy (non-hydrogen) atoms. The molecular weight excluding hydrogens is 446 g/mol. The van der Waals surface area contributed by atoms with Crippen molar-refractivity contribution >= 4 is 46.3 Å². The van der Waals surface area contributed by atoms with Crippen LogP contribution in [0.25, 0.3) is 17.2 Å². The number of nitrogens with zero attached hydrogens (tertiary/aromatic N) is 2. The molecule has 4 rings (SSSR count). The average Bonchev–Trinajstić information content (AvgIpc) is 3.03. The zero-order valence-corrected chi connectivity index (χ0v) is 21.6. The Morgan fingerprint density at radius 2 is 1.79 bits per heavy atom. The standard InChI is InChI=1S/C27H31N3O3S/c1-15(2)30-22-13-18(16(3)10-20(22)27(4,5)14-24(30)31)19-11-17(8-9-21(19)29(6)7)12-23-25(32)28-26(33)34-23/h8-13,15H,14H2,1-7H3,(H,28,32,33). The van der Waals surface area contributed by atoms with Crippen LogP contribution in [0.15, 0.2) is 35.2 Å². The highest BCUT2D eigenvalue weighted by Crippen LogP contribution is 2.45. The highest BCUT2D eigenvalue weighted by Gasteiger charge is 2.38. The number of hydrogen-bond donors (Lipinski definition) is 1. The minimum absolute atomic E-state index is 0.0535. The van der Waals surface area contributed by atoms with Crippen molar-refractivity contribution in [3.05, 3.63) is 51.9 Å². The topological polar surface area (TPSA) is 69.7 Å². The Morgan fingerprint density at radius 1 is 1.09 bits per heavy atom. The van der Waals surface area contributed by atoms with Crippen molar-refractivity contribution in [2.75, 3.05) is 23.9 Å². The van der Waals surface area contributed by atoms with Crippen molar-refractivity contribution in [2.45, 2.75) is 52.5 Å². The number of benzene rings is 2. The van der Waals surface area contributed by atoms with Crippen LogP contribution in [0, 0.1) is 6.92 Å². The molecular formula is C27H31N3O3S. The highest BCUT2D eigenvalue weighted by atomic mass is 32.2. The van der Waals surface area contributed by atoms with Gasteiger partial charge in [-0.25, -0.2) is 0 Å². The third kappa shape index (κ3) is 4.25. The van der Waals surface area contributed by atoms with Gasteiger partial charge in [0, 0.05) is 48.9 Å². The summed E-state index contributed by atoms with van der Waals surface area (Å²) < 4.78 is 0. The molecule has 2 heterocycles. The molecule has 178 valence electrons. The molecule has 1 fully saturated rings. The van der Waals surface area contributed by atoms with Crippen LogP contribution in [-0.4, -0.2) is 37.2 Å². The summed E-state index contributed by atoms with van der Waals surface area (Å²) in [5.41, 5.74) is 6.95. The Morgan fingerprint density at radius 3 is 2.38 bits per heavy atom. The maximum absolute atomic E-state index is 13.1. The molecule has 0 aromatic heterocycles. The maximum Gasteiger partial charge on any atom is 0.290 e. The van der Waals surface area contributed by atoms with Crippen molar-refractivity contribution in [1.82, 2.24) is 5.32 Å². The molecule has 2 aliphatic rings. The quantitative estimate of drug-likeness (QED) is 0.591. The summed E-state index contributed by atoms with van der Waals surface area (Å²) in [4.78, 5) is 41.1. The van der Waals surface area contributed by atoms with Gasteiger partial charge in [-0.2, -0.15) is 0 Å². The minimum atomic E-state index is -0.369. The van der Waals surface area contributed by atoms with Crippen molar-refractivity contribution in [3.8, 4) is 11.1 Å².